The van der Waals surface area contributed by atoms with Crippen molar-refractivity contribution in [2.24, 2.45) is 4.99 Å². The summed E-state index contributed by atoms with van der Waals surface area (Å²) in [4.78, 5) is 10.4. The van der Waals surface area contributed by atoms with Crippen molar-refractivity contribution >= 4 is 18.9 Å². The summed E-state index contributed by atoms with van der Waals surface area (Å²) < 4.78 is 0. The van der Waals surface area contributed by atoms with Gasteiger partial charge in [-0.3, -0.25) is 0 Å². The second-order valence-corrected chi connectivity index (χ2v) is 4.91. The van der Waals surface area contributed by atoms with Crippen molar-refractivity contribution in [1.29, 1.82) is 0 Å². The number of aromatic nitrogens is 1. The van der Waals surface area contributed by atoms with Crippen molar-refractivity contribution in [2.75, 3.05) is 4.81 Å². The molecule has 2 aromatic rings. The maximum Gasteiger partial charge on any atom is 0.284 e. The molecule has 5 heteroatoms. The molecule has 0 amide bonds. The Balaban J connectivity index is 0.000000167. The summed E-state index contributed by atoms with van der Waals surface area (Å²) in [7, 11) is 1.97. The smallest absolute Gasteiger partial charge is 0.284 e. The summed E-state index contributed by atoms with van der Waals surface area (Å²) >= 11 is 0. The fourth-order valence-electron chi connectivity index (χ4n) is 2.17. The second-order valence-electron chi connectivity index (χ2n) is 4.91. The van der Waals surface area contributed by atoms with Crippen molar-refractivity contribution in [3.05, 3.63) is 96.9 Å². The summed E-state index contributed by atoms with van der Waals surface area (Å²) in [6, 6.07) is 16.9. The molecule has 2 aliphatic rings. The predicted molar refractivity (Wildman–Crippen MR) is 96.3 cm³/mol. The van der Waals surface area contributed by atoms with E-state index in [1.807, 2.05) is 85.2 Å². The van der Waals surface area contributed by atoms with Gasteiger partial charge >= 0.3 is 0 Å². The Kier molecular flexibility index (Phi) is 7.41. The Morgan fingerprint density at radius 2 is 2.00 bits per heavy atom. The van der Waals surface area contributed by atoms with E-state index in [4.69, 9.17) is 0 Å². The van der Waals surface area contributed by atoms with Gasteiger partial charge in [0, 0.05) is 32.5 Å². The number of rotatable bonds is 2. The molecule has 1 aromatic carbocycles. The van der Waals surface area contributed by atoms with Crippen LogP contribution in [0.2, 0.25) is 0 Å². The average Bonchev–Trinajstić information content (AvgIpc) is 3.19. The van der Waals surface area contributed by atoms with Gasteiger partial charge in [-0.05, 0) is 36.5 Å². The minimum absolute atomic E-state index is 0. The van der Waals surface area contributed by atoms with E-state index in [2.05, 4.69) is 22.1 Å². The van der Waals surface area contributed by atoms with E-state index in [0.717, 1.165) is 23.5 Å². The van der Waals surface area contributed by atoms with Crippen LogP contribution < -0.4 is 4.81 Å². The quantitative estimate of drug-likeness (QED) is 0.475. The monoisotopic (exact) mass is 490 g/mol. The number of hydrogen-bond acceptors (Lipinski definition) is 3. The van der Waals surface area contributed by atoms with Crippen LogP contribution in [0.5, 0.6) is 0 Å². The van der Waals surface area contributed by atoms with Crippen LogP contribution in [-0.4, -0.2) is 18.1 Å². The predicted octanol–water partition coefficient (Wildman–Crippen LogP) is 3.74. The Bertz CT molecular complexity index is 740. The Hall–Kier alpha value is -2.23. The molecule has 24 heavy (non-hydrogen) atoms. The van der Waals surface area contributed by atoms with Crippen molar-refractivity contribution in [3.63, 3.8) is 0 Å². The molecule has 3 heterocycles. The van der Waals surface area contributed by atoms with Crippen LogP contribution in [0.15, 0.2) is 90.3 Å². The minimum atomic E-state index is 0. The molecular formula is C19H16BIrN3-. The summed E-state index contributed by atoms with van der Waals surface area (Å²) in [5, 5.41) is 0. The standard InChI is InChI=1S/C10H8N.C9H8BN2.Ir/c1-2-5-9(6-3-1)10-7-4-8-11-10;1-3-7-11-9(5-1)12-8-4-2-6-10-12;/h1-5,8H,7H2;1-8H;/q-1;;. The molecule has 4 rings (SSSR count). The minimum Gasteiger partial charge on any atom is -0.377 e. The number of allylic oxidation sites excluding steroid dienone is 3. The molecule has 120 valence electrons. The number of aliphatic imine (C=N–C) groups is 1. The van der Waals surface area contributed by atoms with E-state index >= 15 is 0 Å². The van der Waals surface area contributed by atoms with Gasteiger partial charge in [-0.15, -0.1) is 35.9 Å². The van der Waals surface area contributed by atoms with E-state index in [1.165, 1.54) is 0 Å². The number of pyridine rings is 1. The van der Waals surface area contributed by atoms with E-state index in [9.17, 15) is 0 Å². The molecule has 1 aromatic heterocycles. The molecule has 2 aliphatic heterocycles. The van der Waals surface area contributed by atoms with E-state index in [-0.39, 0.29) is 20.1 Å². The molecule has 0 saturated carbocycles. The first-order valence-electron chi connectivity index (χ1n) is 7.50. The SMILES string of the molecule is [B]1C=CC=CN1c1ccccn1.[Ir].[c-]1ccccc1C1=NC=CC1. The van der Waals surface area contributed by atoms with Gasteiger partial charge in [-0.2, -0.15) is 0 Å². The van der Waals surface area contributed by atoms with Gasteiger partial charge in [0.2, 0.25) is 0 Å². The first-order chi connectivity index (χ1) is 11.4. The normalized spacial score (nSPS) is 14.2. The van der Waals surface area contributed by atoms with Crippen LogP contribution in [0.25, 0.3) is 0 Å². The fourth-order valence-corrected chi connectivity index (χ4v) is 2.17. The van der Waals surface area contributed by atoms with Crippen LogP contribution in [0.4, 0.5) is 5.82 Å². The van der Waals surface area contributed by atoms with Gasteiger partial charge in [0.1, 0.15) is 5.82 Å². The summed E-state index contributed by atoms with van der Waals surface area (Å²) in [6.07, 6.45) is 12.6. The summed E-state index contributed by atoms with van der Waals surface area (Å²) in [5.74, 6) is 2.92. The van der Waals surface area contributed by atoms with Crippen molar-refractivity contribution < 1.29 is 20.1 Å². The van der Waals surface area contributed by atoms with E-state index in [0.29, 0.717) is 0 Å². The third-order valence-electron chi connectivity index (χ3n) is 3.30. The van der Waals surface area contributed by atoms with E-state index < -0.39 is 0 Å². The molecular weight excluding hydrogens is 473 g/mol. The van der Waals surface area contributed by atoms with Crippen LogP contribution in [0.1, 0.15) is 12.0 Å². The molecule has 0 N–H and O–H groups in total. The van der Waals surface area contributed by atoms with Crippen LogP contribution in [0, 0.1) is 6.07 Å². The molecule has 0 atom stereocenters. The molecule has 3 nitrogen and oxygen atoms in total. The zero-order valence-corrected chi connectivity index (χ0v) is 15.4. The van der Waals surface area contributed by atoms with Gasteiger partial charge in [-0.25, -0.2) is 4.98 Å². The van der Waals surface area contributed by atoms with Gasteiger partial charge in [0.05, 0.1) is 0 Å². The summed E-state index contributed by atoms with van der Waals surface area (Å²) in [6.45, 7) is 0. The Labute approximate surface area is 157 Å². The maximum atomic E-state index is 4.21. The molecule has 0 saturated heterocycles. The fraction of sp³-hybridized carbons (Fsp3) is 0.0526. The number of hydrogen-bond donors (Lipinski definition) is 0. The van der Waals surface area contributed by atoms with Crippen molar-refractivity contribution in [3.8, 4) is 0 Å². The van der Waals surface area contributed by atoms with Gasteiger partial charge in [0.25, 0.3) is 7.41 Å². The molecule has 2 radical (unpaired) electrons. The van der Waals surface area contributed by atoms with Gasteiger partial charge in [0.15, 0.2) is 0 Å². The van der Waals surface area contributed by atoms with Crippen molar-refractivity contribution in [1.82, 2.24) is 4.98 Å². The third-order valence-corrected chi connectivity index (χ3v) is 3.30. The van der Waals surface area contributed by atoms with Gasteiger partial charge in [-0.1, -0.05) is 24.2 Å². The van der Waals surface area contributed by atoms with Gasteiger partial charge < -0.3 is 9.80 Å². The van der Waals surface area contributed by atoms with Crippen LogP contribution in [0.3, 0.4) is 0 Å². The third kappa shape index (κ3) is 5.15. The molecule has 0 aliphatic carbocycles. The molecule has 0 unspecified atom stereocenters. The zero-order chi connectivity index (χ0) is 15.7. The number of benzene rings is 1. The molecule has 0 spiro atoms. The molecule has 0 fully saturated rings. The van der Waals surface area contributed by atoms with Crippen LogP contribution >= 0.6 is 0 Å². The van der Waals surface area contributed by atoms with Crippen molar-refractivity contribution in [2.45, 2.75) is 6.42 Å². The average molecular weight is 489 g/mol. The molecule has 0 bridgehead atoms. The van der Waals surface area contributed by atoms with E-state index in [1.54, 1.807) is 6.20 Å². The summed E-state index contributed by atoms with van der Waals surface area (Å²) in [5.41, 5.74) is 2.23. The Morgan fingerprint density at radius 1 is 1.08 bits per heavy atom. The Morgan fingerprint density at radius 3 is 2.62 bits per heavy atom. The topological polar surface area (TPSA) is 28.5 Å². The first kappa shape index (κ1) is 18.1. The number of anilines is 1. The maximum absolute atomic E-state index is 4.21. The first-order valence-corrected chi connectivity index (χ1v) is 7.50. The largest absolute Gasteiger partial charge is 0.377 e. The number of nitrogens with zero attached hydrogens (tertiary/aromatic N) is 3. The zero-order valence-electron chi connectivity index (χ0n) is 13.0. The van der Waals surface area contributed by atoms with Crippen LogP contribution in [-0.2, 0) is 20.1 Å². The second kappa shape index (κ2) is 9.81.